The zero-order chi connectivity index (χ0) is 10.8. The molecule has 3 nitrogen and oxygen atoms in total. The molecule has 0 saturated heterocycles. The van der Waals surface area contributed by atoms with Gasteiger partial charge in [-0.2, -0.15) is 8.42 Å². The lowest BCUT2D eigenvalue weighted by Gasteiger charge is -2.10. The van der Waals surface area contributed by atoms with Gasteiger partial charge in [0.15, 0.2) is 0 Å². The molecule has 0 N–H and O–H groups in total. The lowest BCUT2D eigenvalue weighted by atomic mass is 9.97. The van der Waals surface area contributed by atoms with Crippen LogP contribution in [-0.4, -0.2) is 22.4 Å². The zero-order valence-electron chi connectivity index (χ0n) is 8.10. The van der Waals surface area contributed by atoms with Crippen LogP contribution in [0, 0.1) is 0 Å². The molecule has 0 saturated carbocycles. The number of hydrogen-bond acceptors (Lipinski definition) is 3. The second-order valence-electron chi connectivity index (χ2n) is 3.14. The van der Waals surface area contributed by atoms with E-state index in [1.165, 1.54) is 12.1 Å². The van der Waals surface area contributed by atoms with Gasteiger partial charge in [0.1, 0.15) is 7.85 Å². The molecule has 0 aromatic heterocycles. The fourth-order valence-corrected chi connectivity index (χ4v) is 2.23. The minimum atomic E-state index is -3.72. The molecular weight excluding hydrogens is 199 g/mol. The van der Waals surface area contributed by atoms with Gasteiger partial charge in [0.2, 0.25) is 0 Å². The molecule has 2 radical (unpaired) electrons. The third kappa shape index (κ3) is 2.59. The highest BCUT2D eigenvalue weighted by molar-refractivity contribution is 7.87. The van der Waals surface area contributed by atoms with Crippen LogP contribution in [0.5, 0.6) is 0 Å². The molecule has 0 unspecified atom stereocenters. The Morgan fingerprint density at radius 2 is 1.86 bits per heavy atom. The van der Waals surface area contributed by atoms with Crippen molar-refractivity contribution in [3.63, 3.8) is 0 Å². The average Bonchev–Trinajstić information content (AvgIpc) is 2.02. The Hall–Kier alpha value is -0.805. The van der Waals surface area contributed by atoms with Gasteiger partial charge < -0.3 is 0 Å². The highest BCUT2D eigenvalue weighted by Gasteiger charge is 2.18. The first kappa shape index (κ1) is 11.3. The molecule has 5 heteroatoms. The van der Waals surface area contributed by atoms with E-state index in [1.54, 1.807) is 26.0 Å². The standard InChI is InChI=1S/C9H11BO3S/c1-7(2)13-14(11,12)9-6-4-3-5-8(9)10/h3-7H,1-2H3. The maximum atomic E-state index is 11.6. The van der Waals surface area contributed by atoms with Crippen molar-refractivity contribution in [2.24, 2.45) is 0 Å². The van der Waals surface area contributed by atoms with Gasteiger partial charge >= 0.3 is 0 Å². The van der Waals surface area contributed by atoms with Crippen LogP contribution >= 0.6 is 0 Å². The van der Waals surface area contributed by atoms with Gasteiger partial charge in [-0.15, -0.1) is 0 Å². The van der Waals surface area contributed by atoms with Gasteiger partial charge in [0, 0.05) is 0 Å². The second kappa shape index (κ2) is 4.15. The predicted molar refractivity (Wildman–Crippen MR) is 55.2 cm³/mol. The van der Waals surface area contributed by atoms with Crippen molar-refractivity contribution in [3.8, 4) is 0 Å². The Kier molecular flexibility index (Phi) is 3.34. The maximum absolute atomic E-state index is 11.6. The summed E-state index contributed by atoms with van der Waals surface area (Å²) in [5.41, 5.74) is 0.202. The van der Waals surface area contributed by atoms with Crippen LogP contribution in [0.15, 0.2) is 29.2 Å². The summed E-state index contributed by atoms with van der Waals surface area (Å²) >= 11 is 0. The molecule has 1 rings (SSSR count). The van der Waals surface area contributed by atoms with Gasteiger partial charge in [-0.1, -0.05) is 23.7 Å². The summed E-state index contributed by atoms with van der Waals surface area (Å²) in [6.07, 6.45) is -0.389. The first-order chi connectivity index (χ1) is 6.43. The van der Waals surface area contributed by atoms with Crippen LogP contribution in [0.25, 0.3) is 0 Å². The van der Waals surface area contributed by atoms with Crippen LogP contribution in [0.4, 0.5) is 0 Å². The molecule has 0 atom stereocenters. The maximum Gasteiger partial charge on any atom is 0.296 e. The largest absolute Gasteiger partial charge is 0.296 e. The molecule has 1 aromatic rings. The number of benzene rings is 1. The lowest BCUT2D eigenvalue weighted by molar-refractivity contribution is 0.249. The second-order valence-corrected chi connectivity index (χ2v) is 4.68. The van der Waals surface area contributed by atoms with Crippen molar-refractivity contribution in [2.45, 2.75) is 24.8 Å². The molecule has 74 valence electrons. The summed E-state index contributed by atoms with van der Waals surface area (Å²) in [4.78, 5) is 0.0219. The topological polar surface area (TPSA) is 43.4 Å². The van der Waals surface area contributed by atoms with E-state index in [9.17, 15) is 8.42 Å². The molecule has 0 spiro atoms. The summed E-state index contributed by atoms with van der Waals surface area (Å²) in [7, 11) is 1.81. The summed E-state index contributed by atoms with van der Waals surface area (Å²) in [5, 5.41) is 0. The Balaban J connectivity index is 3.11. The van der Waals surface area contributed by atoms with Gasteiger partial charge in [-0.3, -0.25) is 4.18 Å². The van der Waals surface area contributed by atoms with Crippen LogP contribution in [-0.2, 0) is 14.3 Å². The fourth-order valence-electron chi connectivity index (χ4n) is 1.01. The van der Waals surface area contributed by atoms with Crippen molar-refractivity contribution in [2.75, 3.05) is 0 Å². The Morgan fingerprint density at radius 1 is 1.29 bits per heavy atom. The molecule has 1 aromatic carbocycles. The van der Waals surface area contributed by atoms with E-state index in [-0.39, 0.29) is 16.5 Å². The molecule has 0 amide bonds. The predicted octanol–water partition coefficient (Wildman–Crippen LogP) is 0.594. The molecule has 0 bridgehead atoms. The van der Waals surface area contributed by atoms with E-state index in [0.29, 0.717) is 0 Å². The summed E-state index contributed by atoms with van der Waals surface area (Å²) in [6.45, 7) is 3.30. The fraction of sp³-hybridized carbons (Fsp3) is 0.333. The van der Waals surface area contributed by atoms with Crippen molar-refractivity contribution in [1.29, 1.82) is 0 Å². The van der Waals surface area contributed by atoms with Crippen LogP contribution < -0.4 is 5.46 Å². The van der Waals surface area contributed by atoms with Gasteiger partial charge in [0.25, 0.3) is 10.1 Å². The highest BCUT2D eigenvalue weighted by Crippen LogP contribution is 2.10. The lowest BCUT2D eigenvalue weighted by Crippen LogP contribution is -2.20. The van der Waals surface area contributed by atoms with E-state index in [1.807, 2.05) is 0 Å². The van der Waals surface area contributed by atoms with Crippen LogP contribution in [0.3, 0.4) is 0 Å². The number of hydrogen-bond donors (Lipinski definition) is 0. The van der Waals surface area contributed by atoms with Crippen LogP contribution in [0.1, 0.15) is 13.8 Å². The Labute approximate surface area is 85.6 Å². The van der Waals surface area contributed by atoms with E-state index >= 15 is 0 Å². The Morgan fingerprint density at radius 3 is 2.36 bits per heavy atom. The Bertz CT molecular complexity index is 412. The van der Waals surface area contributed by atoms with Gasteiger partial charge in [0.05, 0.1) is 11.0 Å². The molecule has 0 aliphatic carbocycles. The van der Waals surface area contributed by atoms with Crippen molar-refractivity contribution < 1.29 is 12.6 Å². The van der Waals surface area contributed by atoms with E-state index in [2.05, 4.69) is 0 Å². The SMILES string of the molecule is [B]c1ccccc1S(=O)(=O)OC(C)C. The molecule has 0 fully saturated rings. The van der Waals surface area contributed by atoms with Crippen molar-refractivity contribution >= 4 is 23.4 Å². The summed E-state index contributed by atoms with van der Waals surface area (Å²) < 4.78 is 27.9. The minimum Gasteiger partial charge on any atom is -0.264 e. The summed E-state index contributed by atoms with van der Waals surface area (Å²) in [5.74, 6) is 0. The zero-order valence-corrected chi connectivity index (χ0v) is 8.91. The average molecular weight is 210 g/mol. The smallest absolute Gasteiger partial charge is 0.264 e. The van der Waals surface area contributed by atoms with Gasteiger partial charge in [-0.25, -0.2) is 0 Å². The van der Waals surface area contributed by atoms with E-state index < -0.39 is 10.1 Å². The third-order valence-electron chi connectivity index (χ3n) is 1.51. The minimum absolute atomic E-state index is 0.0219. The highest BCUT2D eigenvalue weighted by atomic mass is 32.2. The normalized spacial score (nSPS) is 11.9. The first-order valence-electron chi connectivity index (χ1n) is 4.21. The molecule has 0 heterocycles. The van der Waals surface area contributed by atoms with Crippen molar-refractivity contribution in [1.82, 2.24) is 0 Å². The molecule has 0 aliphatic heterocycles. The monoisotopic (exact) mass is 210 g/mol. The molecule has 0 aliphatic rings. The quantitative estimate of drug-likeness (QED) is 0.541. The van der Waals surface area contributed by atoms with E-state index in [0.717, 1.165) is 0 Å². The molecular formula is C9H11BO3S. The van der Waals surface area contributed by atoms with E-state index in [4.69, 9.17) is 12.0 Å². The molecule has 14 heavy (non-hydrogen) atoms. The third-order valence-corrected chi connectivity index (χ3v) is 3.06. The van der Waals surface area contributed by atoms with Gasteiger partial charge in [-0.05, 0) is 19.9 Å². The number of rotatable bonds is 3. The first-order valence-corrected chi connectivity index (χ1v) is 5.62. The summed E-state index contributed by atoms with van der Waals surface area (Å²) in [6, 6.07) is 6.22. The van der Waals surface area contributed by atoms with Crippen LogP contribution in [0.2, 0.25) is 0 Å². The van der Waals surface area contributed by atoms with Crippen molar-refractivity contribution in [3.05, 3.63) is 24.3 Å².